The predicted octanol–water partition coefficient (Wildman–Crippen LogP) is 2.99. The number of nitro benzene ring substituents is 1. The molecule has 6 heteroatoms. The van der Waals surface area contributed by atoms with Gasteiger partial charge in [0.05, 0.1) is 16.4 Å². The Balaban J connectivity index is 2.60. The molecule has 0 fully saturated rings. The quantitative estimate of drug-likeness (QED) is 0.468. The molecule has 0 saturated carbocycles. The van der Waals surface area contributed by atoms with Crippen molar-refractivity contribution >= 4 is 17.3 Å². The van der Waals surface area contributed by atoms with Crippen molar-refractivity contribution in [1.82, 2.24) is 5.16 Å². The third kappa shape index (κ3) is 1.77. The highest BCUT2D eigenvalue weighted by atomic mass is 35.5. The van der Waals surface area contributed by atoms with Crippen LogP contribution in [0.3, 0.4) is 0 Å². The summed E-state index contributed by atoms with van der Waals surface area (Å²) in [5.74, 6) is 0.199. The molecule has 0 aliphatic heterocycles. The molecule has 1 aromatic carbocycles. The molecule has 5 nitrogen and oxygen atoms in total. The van der Waals surface area contributed by atoms with Crippen molar-refractivity contribution in [3.63, 3.8) is 0 Å². The molecule has 16 heavy (non-hydrogen) atoms. The fourth-order valence-electron chi connectivity index (χ4n) is 1.41. The van der Waals surface area contributed by atoms with Crippen LogP contribution >= 0.6 is 11.6 Å². The van der Waals surface area contributed by atoms with Gasteiger partial charge in [-0.1, -0.05) is 17.3 Å². The minimum atomic E-state index is -0.456. The number of alkyl halides is 1. The molecule has 0 unspecified atom stereocenters. The third-order valence-electron chi connectivity index (χ3n) is 2.14. The van der Waals surface area contributed by atoms with Crippen molar-refractivity contribution in [3.8, 4) is 11.3 Å². The van der Waals surface area contributed by atoms with E-state index in [0.717, 1.165) is 0 Å². The summed E-state index contributed by atoms with van der Waals surface area (Å²) in [5, 5.41) is 14.6. The van der Waals surface area contributed by atoms with E-state index in [4.69, 9.17) is 16.1 Å². The topological polar surface area (TPSA) is 69.2 Å². The van der Waals surface area contributed by atoms with Crippen LogP contribution in [0.5, 0.6) is 0 Å². The predicted molar refractivity (Wildman–Crippen MR) is 58.2 cm³/mol. The van der Waals surface area contributed by atoms with Gasteiger partial charge in [-0.05, 0) is 6.07 Å². The van der Waals surface area contributed by atoms with E-state index < -0.39 is 4.92 Å². The highest BCUT2D eigenvalue weighted by Gasteiger charge is 2.19. The van der Waals surface area contributed by atoms with Gasteiger partial charge in [0.25, 0.3) is 5.69 Å². The summed E-state index contributed by atoms with van der Waals surface area (Å²) in [7, 11) is 0. The Labute approximate surface area is 95.8 Å². The molecule has 0 N–H and O–H groups in total. The van der Waals surface area contributed by atoms with Crippen molar-refractivity contribution < 1.29 is 9.45 Å². The summed E-state index contributed by atoms with van der Waals surface area (Å²) in [6.07, 6.45) is 1.39. The molecule has 1 heterocycles. The lowest BCUT2D eigenvalue weighted by Gasteiger charge is -1.99. The number of aromatic nitrogens is 1. The maximum atomic E-state index is 10.8. The molecule has 0 saturated heterocycles. The molecule has 82 valence electrons. The molecule has 0 spiro atoms. The summed E-state index contributed by atoms with van der Waals surface area (Å²) < 4.78 is 4.77. The smallest absolute Gasteiger partial charge is 0.278 e. The van der Waals surface area contributed by atoms with E-state index in [1.807, 2.05) is 0 Å². The number of benzene rings is 1. The monoisotopic (exact) mass is 238 g/mol. The van der Waals surface area contributed by atoms with Gasteiger partial charge < -0.3 is 4.52 Å². The first kappa shape index (κ1) is 10.6. The van der Waals surface area contributed by atoms with Crippen LogP contribution in [0.1, 0.15) is 5.56 Å². The SMILES string of the molecule is O=[N+]([O-])c1ccccc1-c1nocc1CCl. The highest BCUT2D eigenvalue weighted by molar-refractivity contribution is 6.17. The zero-order valence-corrected chi connectivity index (χ0v) is 8.85. The summed E-state index contributed by atoms with van der Waals surface area (Å²) in [6, 6.07) is 6.34. The first-order valence-electron chi connectivity index (χ1n) is 4.47. The molecule has 0 amide bonds. The largest absolute Gasteiger partial charge is 0.364 e. The molecule has 2 rings (SSSR count). The Bertz CT molecular complexity index is 524. The van der Waals surface area contributed by atoms with E-state index in [1.165, 1.54) is 12.3 Å². The Morgan fingerprint density at radius 3 is 2.88 bits per heavy atom. The van der Waals surface area contributed by atoms with E-state index >= 15 is 0 Å². The zero-order valence-electron chi connectivity index (χ0n) is 8.09. The van der Waals surface area contributed by atoms with Crippen LogP contribution in [0.2, 0.25) is 0 Å². The summed E-state index contributed by atoms with van der Waals surface area (Å²) in [6.45, 7) is 0. The number of para-hydroxylation sites is 1. The Morgan fingerprint density at radius 2 is 2.19 bits per heavy atom. The lowest BCUT2D eigenvalue weighted by molar-refractivity contribution is -0.384. The number of nitro groups is 1. The van der Waals surface area contributed by atoms with E-state index in [2.05, 4.69) is 5.16 Å². The fraction of sp³-hybridized carbons (Fsp3) is 0.100. The van der Waals surface area contributed by atoms with E-state index in [1.54, 1.807) is 18.2 Å². The second-order valence-electron chi connectivity index (χ2n) is 3.10. The van der Waals surface area contributed by atoms with Crippen molar-refractivity contribution in [1.29, 1.82) is 0 Å². The van der Waals surface area contributed by atoms with Gasteiger partial charge in [0.1, 0.15) is 12.0 Å². The molecular weight excluding hydrogens is 232 g/mol. The molecular formula is C10H7ClN2O3. The molecule has 0 atom stereocenters. The van der Waals surface area contributed by atoms with Crippen LogP contribution < -0.4 is 0 Å². The van der Waals surface area contributed by atoms with Crippen LogP contribution in [-0.2, 0) is 5.88 Å². The number of hydrogen-bond donors (Lipinski definition) is 0. The lowest BCUT2D eigenvalue weighted by Crippen LogP contribution is -1.93. The Hall–Kier alpha value is -1.88. The lowest BCUT2D eigenvalue weighted by atomic mass is 10.1. The van der Waals surface area contributed by atoms with Crippen LogP contribution in [0, 0.1) is 10.1 Å². The molecule has 0 bridgehead atoms. The highest BCUT2D eigenvalue weighted by Crippen LogP contribution is 2.31. The molecule has 1 aromatic heterocycles. The van der Waals surface area contributed by atoms with E-state index in [9.17, 15) is 10.1 Å². The summed E-state index contributed by atoms with van der Waals surface area (Å²) in [5.41, 5.74) is 1.46. The van der Waals surface area contributed by atoms with Gasteiger partial charge in [0.2, 0.25) is 0 Å². The van der Waals surface area contributed by atoms with Crippen molar-refractivity contribution in [3.05, 3.63) is 46.2 Å². The van der Waals surface area contributed by atoms with Crippen molar-refractivity contribution in [2.75, 3.05) is 0 Å². The van der Waals surface area contributed by atoms with Crippen molar-refractivity contribution in [2.24, 2.45) is 0 Å². The van der Waals surface area contributed by atoms with Crippen LogP contribution in [0.4, 0.5) is 5.69 Å². The van der Waals surface area contributed by atoms with Gasteiger partial charge in [-0.25, -0.2) is 0 Å². The second kappa shape index (κ2) is 4.32. The maximum Gasteiger partial charge on any atom is 0.278 e. The summed E-state index contributed by atoms with van der Waals surface area (Å²) >= 11 is 5.69. The minimum Gasteiger partial charge on any atom is -0.364 e. The summed E-state index contributed by atoms with van der Waals surface area (Å²) in [4.78, 5) is 10.4. The van der Waals surface area contributed by atoms with Gasteiger partial charge in [-0.15, -0.1) is 11.6 Å². The van der Waals surface area contributed by atoms with Crippen molar-refractivity contribution in [2.45, 2.75) is 5.88 Å². The second-order valence-corrected chi connectivity index (χ2v) is 3.36. The molecule has 2 aromatic rings. The van der Waals surface area contributed by atoms with E-state index in [-0.39, 0.29) is 11.6 Å². The number of hydrogen-bond acceptors (Lipinski definition) is 4. The maximum absolute atomic E-state index is 10.8. The normalized spacial score (nSPS) is 10.3. The van der Waals surface area contributed by atoms with E-state index in [0.29, 0.717) is 16.8 Å². The number of halogens is 1. The van der Waals surface area contributed by atoms with Gasteiger partial charge in [0, 0.05) is 11.6 Å². The van der Waals surface area contributed by atoms with Gasteiger partial charge in [0.15, 0.2) is 0 Å². The Morgan fingerprint density at radius 1 is 1.44 bits per heavy atom. The molecule has 0 radical (unpaired) electrons. The molecule has 0 aliphatic carbocycles. The van der Waals surface area contributed by atoms with Crippen LogP contribution in [0.25, 0.3) is 11.3 Å². The van der Waals surface area contributed by atoms with Gasteiger partial charge in [-0.2, -0.15) is 0 Å². The van der Waals surface area contributed by atoms with Gasteiger partial charge >= 0.3 is 0 Å². The number of nitrogens with zero attached hydrogens (tertiary/aromatic N) is 2. The Kier molecular flexibility index (Phi) is 2.87. The fourth-order valence-corrected chi connectivity index (χ4v) is 1.60. The molecule has 0 aliphatic rings. The third-order valence-corrected chi connectivity index (χ3v) is 2.43. The zero-order chi connectivity index (χ0) is 11.5. The average molecular weight is 239 g/mol. The minimum absolute atomic E-state index is 0.0113. The van der Waals surface area contributed by atoms with Crippen LogP contribution in [-0.4, -0.2) is 10.1 Å². The number of rotatable bonds is 3. The standard InChI is InChI=1S/C10H7ClN2O3/c11-5-7-6-16-12-10(7)8-3-1-2-4-9(8)13(14)15/h1-4,6H,5H2. The first-order valence-corrected chi connectivity index (χ1v) is 5.00. The van der Waals surface area contributed by atoms with Gasteiger partial charge in [-0.3, -0.25) is 10.1 Å². The first-order chi connectivity index (χ1) is 7.74. The average Bonchev–Trinajstić information content (AvgIpc) is 2.76. The van der Waals surface area contributed by atoms with Crippen LogP contribution in [0.15, 0.2) is 35.1 Å².